The molecular formula is C10H24N2O2Si. The zero-order chi connectivity index (χ0) is 11.1. The maximum absolute atomic E-state index is 5.52. The van der Waals surface area contributed by atoms with Crippen molar-refractivity contribution in [2.45, 2.75) is 31.3 Å². The van der Waals surface area contributed by atoms with Gasteiger partial charge in [0, 0.05) is 45.4 Å². The summed E-state index contributed by atoms with van der Waals surface area (Å²) in [5, 5.41) is 6.99. The van der Waals surface area contributed by atoms with E-state index in [1.165, 1.54) is 12.8 Å². The second-order valence-corrected chi connectivity index (χ2v) is 6.59. The number of hydrogen-bond acceptors (Lipinski definition) is 4. The minimum atomic E-state index is -1.50. The van der Waals surface area contributed by atoms with E-state index in [9.17, 15) is 0 Å². The molecule has 2 unspecified atom stereocenters. The average Bonchev–Trinajstić information content (AvgIpc) is 2.30. The SMILES string of the molecule is CCCC(C1CNCCN1)[SiH](OC)OC. The Balaban J connectivity index is 2.53. The second-order valence-electron chi connectivity index (χ2n) is 4.06. The normalized spacial score (nSPS) is 24.4. The van der Waals surface area contributed by atoms with Crippen molar-refractivity contribution in [2.24, 2.45) is 0 Å². The molecule has 15 heavy (non-hydrogen) atoms. The smallest absolute Gasteiger partial charge is 0.325 e. The van der Waals surface area contributed by atoms with Crippen molar-refractivity contribution in [3.8, 4) is 0 Å². The Morgan fingerprint density at radius 3 is 2.53 bits per heavy atom. The van der Waals surface area contributed by atoms with Gasteiger partial charge >= 0.3 is 9.28 Å². The molecule has 4 nitrogen and oxygen atoms in total. The van der Waals surface area contributed by atoms with Crippen LogP contribution in [0.5, 0.6) is 0 Å². The summed E-state index contributed by atoms with van der Waals surface area (Å²) in [5.41, 5.74) is 0.567. The Hall–Kier alpha value is 0.0569. The van der Waals surface area contributed by atoms with Crippen LogP contribution in [0.3, 0.4) is 0 Å². The molecule has 1 saturated heterocycles. The van der Waals surface area contributed by atoms with Crippen molar-refractivity contribution in [3.63, 3.8) is 0 Å². The van der Waals surface area contributed by atoms with Crippen molar-refractivity contribution >= 4 is 9.28 Å². The zero-order valence-corrected chi connectivity index (χ0v) is 11.2. The lowest BCUT2D eigenvalue weighted by Gasteiger charge is -2.34. The summed E-state index contributed by atoms with van der Waals surface area (Å²) >= 11 is 0. The molecule has 0 amide bonds. The molecule has 2 N–H and O–H groups in total. The Morgan fingerprint density at radius 1 is 1.33 bits per heavy atom. The third-order valence-corrected chi connectivity index (χ3v) is 5.45. The van der Waals surface area contributed by atoms with Crippen LogP contribution in [0.1, 0.15) is 19.8 Å². The minimum absolute atomic E-state index is 0.523. The van der Waals surface area contributed by atoms with E-state index in [0.29, 0.717) is 11.6 Å². The maximum atomic E-state index is 5.52. The molecule has 5 heteroatoms. The van der Waals surface area contributed by atoms with Crippen molar-refractivity contribution in [1.82, 2.24) is 10.6 Å². The van der Waals surface area contributed by atoms with Crippen LogP contribution in [0.4, 0.5) is 0 Å². The van der Waals surface area contributed by atoms with E-state index in [1.54, 1.807) is 14.2 Å². The van der Waals surface area contributed by atoms with Crippen LogP contribution in [0.25, 0.3) is 0 Å². The fraction of sp³-hybridized carbons (Fsp3) is 1.00. The lowest BCUT2D eigenvalue weighted by Crippen LogP contribution is -2.53. The van der Waals surface area contributed by atoms with Gasteiger partial charge in [0.1, 0.15) is 0 Å². The maximum Gasteiger partial charge on any atom is 0.325 e. The van der Waals surface area contributed by atoms with Crippen LogP contribution >= 0.6 is 0 Å². The molecular weight excluding hydrogens is 208 g/mol. The Bertz CT molecular complexity index is 162. The van der Waals surface area contributed by atoms with Gasteiger partial charge in [0.05, 0.1) is 0 Å². The topological polar surface area (TPSA) is 42.5 Å². The van der Waals surface area contributed by atoms with E-state index in [1.807, 2.05) is 0 Å². The first kappa shape index (κ1) is 13.1. The number of hydrogen-bond donors (Lipinski definition) is 2. The number of nitrogens with one attached hydrogen (secondary N) is 2. The highest BCUT2D eigenvalue weighted by molar-refractivity contribution is 6.46. The summed E-state index contributed by atoms with van der Waals surface area (Å²) in [4.78, 5) is 0. The molecule has 90 valence electrons. The fourth-order valence-corrected chi connectivity index (χ4v) is 4.43. The summed E-state index contributed by atoms with van der Waals surface area (Å²) in [5.74, 6) is 0. The molecule has 0 spiro atoms. The van der Waals surface area contributed by atoms with E-state index in [2.05, 4.69) is 17.6 Å². The van der Waals surface area contributed by atoms with E-state index in [-0.39, 0.29) is 0 Å². The van der Waals surface area contributed by atoms with Crippen LogP contribution in [-0.4, -0.2) is 49.2 Å². The van der Waals surface area contributed by atoms with E-state index >= 15 is 0 Å². The van der Waals surface area contributed by atoms with Gasteiger partial charge in [-0.2, -0.15) is 0 Å². The molecule has 1 heterocycles. The van der Waals surface area contributed by atoms with Crippen LogP contribution < -0.4 is 10.6 Å². The van der Waals surface area contributed by atoms with Crippen LogP contribution in [-0.2, 0) is 8.85 Å². The molecule has 1 aliphatic rings. The fourth-order valence-electron chi connectivity index (χ4n) is 2.28. The minimum Gasteiger partial charge on any atom is -0.400 e. The summed E-state index contributed by atoms with van der Waals surface area (Å²) in [6.45, 7) is 5.39. The monoisotopic (exact) mass is 232 g/mol. The van der Waals surface area contributed by atoms with Gasteiger partial charge in [0.15, 0.2) is 0 Å². The summed E-state index contributed by atoms with van der Waals surface area (Å²) < 4.78 is 11.0. The molecule has 0 aromatic rings. The molecule has 0 bridgehead atoms. The zero-order valence-electron chi connectivity index (χ0n) is 10.1. The highest BCUT2D eigenvalue weighted by Crippen LogP contribution is 2.23. The Labute approximate surface area is 94.6 Å². The molecule has 0 radical (unpaired) electrons. The Morgan fingerprint density at radius 2 is 2.07 bits per heavy atom. The van der Waals surface area contributed by atoms with Crippen LogP contribution in [0, 0.1) is 0 Å². The first-order valence-corrected chi connectivity index (χ1v) is 7.44. The summed E-state index contributed by atoms with van der Waals surface area (Å²) in [7, 11) is 2.05. The molecule has 0 aromatic heterocycles. The quantitative estimate of drug-likeness (QED) is 0.644. The van der Waals surface area contributed by atoms with Gasteiger partial charge in [-0.3, -0.25) is 0 Å². The van der Waals surface area contributed by atoms with Crippen molar-refractivity contribution in [1.29, 1.82) is 0 Å². The highest BCUT2D eigenvalue weighted by Gasteiger charge is 2.32. The van der Waals surface area contributed by atoms with E-state index < -0.39 is 9.28 Å². The van der Waals surface area contributed by atoms with E-state index in [4.69, 9.17) is 8.85 Å². The molecule has 1 fully saturated rings. The van der Waals surface area contributed by atoms with Crippen LogP contribution in [0.2, 0.25) is 5.54 Å². The molecule has 0 aliphatic carbocycles. The van der Waals surface area contributed by atoms with Crippen molar-refractivity contribution < 1.29 is 8.85 Å². The Kier molecular flexibility index (Phi) is 6.43. The van der Waals surface area contributed by atoms with Gasteiger partial charge in [-0.15, -0.1) is 0 Å². The first-order valence-electron chi connectivity index (χ1n) is 5.83. The third kappa shape index (κ3) is 3.84. The number of rotatable bonds is 6. The molecule has 2 atom stereocenters. The predicted octanol–water partition coefficient (Wildman–Crippen LogP) is 0.231. The molecule has 0 aromatic carbocycles. The largest absolute Gasteiger partial charge is 0.400 e. The van der Waals surface area contributed by atoms with E-state index in [0.717, 1.165) is 19.6 Å². The summed E-state index contributed by atoms with van der Waals surface area (Å²) in [6, 6.07) is 0.523. The van der Waals surface area contributed by atoms with Gasteiger partial charge in [0.25, 0.3) is 0 Å². The standard InChI is InChI=1S/C10H24N2O2Si/c1-4-5-10(15(13-2)14-3)9-8-11-6-7-12-9/h9-12,15H,4-8H2,1-3H3. The third-order valence-electron chi connectivity index (χ3n) is 3.03. The van der Waals surface area contributed by atoms with Gasteiger partial charge in [0.2, 0.25) is 0 Å². The van der Waals surface area contributed by atoms with Gasteiger partial charge in [-0.05, 0) is 6.42 Å². The lowest BCUT2D eigenvalue weighted by atomic mass is 10.1. The molecule has 0 saturated carbocycles. The lowest BCUT2D eigenvalue weighted by molar-refractivity contribution is 0.243. The predicted molar refractivity (Wildman–Crippen MR) is 64.5 cm³/mol. The number of piperazine rings is 1. The van der Waals surface area contributed by atoms with Crippen molar-refractivity contribution in [2.75, 3.05) is 33.9 Å². The second kappa shape index (κ2) is 7.35. The van der Waals surface area contributed by atoms with Crippen LogP contribution in [0.15, 0.2) is 0 Å². The van der Waals surface area contributed by atoms with Crippen molar-refractivity contribution in [3.05, 3.63) is 0 Å². The molecule has 1 aliphatic heterocycles. The van der Waals surface area contributed by atoms with Gasteiger partial charge in [-0.1, -0.05) is 13.3 Å². The first-order chi connectivity index (χ1) is 7.33. The van der Waals surface area contributed by atoms with Gasteiger partial charge in [-0.25, -0.2) is 0 Å². The van der Waals surface area contributed by atoms with Gasteiger partial charge < -0.3 is 19.5 Å². The highest BCUT2D eigenvalue weighted by atomic mass is 28.3. The molecule has 1 rings (SSSR count). The summed E-state index contributed by atoms with van der Waals surface area (Å²) in [6.07, 6.45) is 2.39. The average molecular weight is 232 g/mol.